The van der Waals surface area contributed by atoms with Gasteiger partial charge in [-0.1, -0.05) is 32.4 Å². The van der Waals surface area contributed by atoms with E-state index in [1.165, 1.54) is 0 Å². The van der Waals surface area contributed by atoms with Gasteiger partial charge < -0.3 is 9.84 Å². The Kier molecular flexibility index (Phi) is 15.5. The summed E-state index contributed by atoms with van der Waals surface area (Å²) in [5, 5.41) is 7.00. The average molecular weight is 188 g/mol. The molecule has 0 saturated heterocycles. The van der Waals surface area contributed by atoms with Gasteiger partial charge >= 0.3 is 5.97 Å². The number of aliphatic hydroxyl groups is 1. The number of ether oxygens (including phenoxy) is 1. The summed E-state index contributed by atoms with van der Waals surface area (Å²) in [4.78, 5) is 10.8. The van der Waals surface area contributed by atoms with Gasteiger partial charge in [0.25, 0.3) is 0 Å². The van der Waals surface area contributed by atoms with Crippen LogP contribution in [-0.2, 0) is 9.53 Å². The van der Waals surface area contributed by atoms with Crippen LogP contribution in [0, 0.1) is 0 Å². The molecule has 0 spiro atoms. The van der Waals surface area contributed by atoms with E-state index in [1.807, 2.05) is 0 Å². The second-order valence-electron chi connectivity index (χ2n) is 2.43. The third-order valence-electron chi connectivity index (χ3n) is 1.35. The number of carbonyl (C=O) groups is 1. The van der Waals surface area contributed by atoms with Gasteiger partial charge in [-0.15, -0.1) is 0 Å². The fourth-order valence-electron chi connectivity index (χ4n) is 0.743. The monoisotopic (exact) mass is 188 g/mol. The molecule has 0 fully saturated rings. The summed E-state index contributed by atoms with van der Waals surface area (Å²) in [5.41, 5.74) is 0. The SMILES string of the molecule is C=CCOC(=O)CCCCC.CO. The molecule has 0 saturated carbocycles. The molecule has 0 aliphatic carbocycles. The molecule has 0 bridgehead atoms. The zero-order valence-electron chi connectivity index (χ0n) is 8.58. The molecule has 0 heterocycles. The molecule has 0 unspecified atom stereocenters. The zero-order chi connectivity index (χ0) is 10.5. The van der Waals surface area contributed by atoms with E-state index in [-0.39, 0.29) is 5.97 Å². The third kappa shape index (κ3) is 14.1. The zero-order valence-corrected chi connectivity index (χ0v) is 8.58. The van der Waals surface area contributed by atoms with Crippen molar-refractivity contribution < 1.29 is 14.6 Å². The Morgan fingerprint density at radius 1 is 1.46 bits per heavy atom. The van der Waals surface area contributed by atoms with Crippen molar-refractivity contribution >= 4 is 5.97 Å². The van der Waals surface area contributed by atoms with E-state index in [9.17, 15) is 4.79 Å². The summed E-state index contributed by atoms with van der Waals surface area (Å²) in [7, 11) is 1.00. The van der Waals surface area contributed by atoms with Crippen molar-refractivity contribution in [2.75, 3.05) is 13.7 Å². The number of carbonyl (C=O) groups excluding carboxylic acids is 1. The predicted molar refractivity (Wildman–Crippen MR) is 53.4 cm³/mol. The molecule has 0 rings (SSSR count). The summed E-state index contributed by atoms with van der Waals surface area (Å²) >= 11 is 0. The minimum Gasteiger partial charge on any atom is -0.461 e. The third-order valence-corrected chi connectivity index (χ3v) is 1.35. The summed E-state index contributed by atoms with van der Waals surface area (Å²) in [6.07, 6.45) is 5.30. The molecule has 3 nitrogen and oxygen atoms in total. The second kappa shape index (κ2) is 13.7. The second-order valence-corrected chi connectivity index (χ2v) is 2.43. The smallest absolute Gasteiger partial charge is 0.306 e. The first kappa shape index (κ1) is 14.7. The molecular formula is C10H20O3. The molecule has 0 aromatic carbocycles. The van der Waals surface area contributed by atoms with Crippen LogP contribution in [-0.4, -0.2) is 24.8 Å². The number of aliphatic hydroxyl groups excluding tert-OH is 1. The fourth-order valence-corrected chi connectivity index (χ4v) is 0.743. The lowest BCUT2D eigenvalue weighted by Gasteiger charge is -1.99. The van der Waals surface area contributed by atoms with E-state index < -0.39 is 0 Å². The minimum absolute atomic E-state index is 0.113. The van der Waals surface area contributed by atoms with Crippen LogP contribution in [0.4, 0.5) is 0 Å². The number of hydrogen-bond acceptors (Lipinski definition) is 3. The molecular weight excluding hydrogens is 168 g/mol. The first-order chi connectivity index (χ1) is 6.31. The van der Waals surface area contributed by atoms with Gasteiger partial charge in [-0.25, -0.2) is 0 Å². The molecule has 1 N–H and O–H groups in total. The van der Waals surface area contributed by atoms with Crippen molar-refractivity contribution in [2.45, 2.75) is 32.6 Å². The first-order valence-corrected chi connectivity index (χ1v) is 4.52. The molecule has 0 amide bonds. The highest BCUT2D eigenvalue weighted by Gasteiger charge is 1.99. The molecule has 13 heavy (non-hydrogen) atoms. The molecule has 0 aliphatic heterocycles. The minimum atomic E-state index is -0.113. The predicted octanol–water partition coefficient (Wildman–Crippen LogP) is 1.90. The lowest BCUT2D eigenvalue weighted by Crippen LogP contribution is -2.03. The van der Waals surface area contributed by atoms with Gasteiger partial charge in [0.1, 0.15) is 6.61 Å². The van der Waals surface area contributed by atoms with Crippen LogP contribution in [0.1, 0.15) is 32.6 Å². The van der Waals surface area contributed by atoms with Crippen molar-refractivity contribution in [3.8, 4) is 0 Å². The Balaban J connectivity index is 0. The van der Waals surface area contributed by atoms with E-state index in [4.69, 9.17) is 9.84 Å². The Morgan fingerprint density at radius 2 is 2.08 bits per heavy atom. The summed E-state index contributed by atoms with van der Waals surface area (Å²) in [5.74, 6) is -0.113. The van der Waals surface area contributed by atoms with Crippen LogP contribution < -0.4 is 0 Å². The molecule has 0 aromatic rings. The van der Waals surface area contributed by atoms with Crippen molar-refractivity contribution in [3.63, 3.8) is 0 Å². The van der Waals surface area contributed by atoms with Crippen molar-refractivity contribution in [2.24, 2.45) is 0 Å². The van der Waals surface area contributed by atoms with Gasteiger partial charge in [0.2, 0.25) is 0 Å². The maximum absolute atomic E-state index is 10.8. The number of esters is 1. The van der Waals surface area contributed by atoms with Crippen LogP contribution in [0.15, 0.2) is 12.7 Å². The molecule has 0 radical (unpaired) electrons. The molecule has 3 heteroatoms. The quantitative estimate of drug-likeness (QED) is 0.393. The normalized spacial score (nSPS) is 8.23. The van der Waals surface area contributed by atoms with Crippen LogP contribution >= 0.6 is 0 Å². The lowest BCUT2D eigenvalue weighted by molar-refractivity contribution is -0.142. The van der Waals surface area contributed by atoms with E-state index in [0.717, 1.165) is 26.4 Å². The maximum atomic E-state index is 10.8. The highest BCUT2D eigenvalue weighted by Crippen LogP contribution is 1.99. The Labute approximate surface area is 80.4 Å². The molecule has 0 aromatic heterocycles. The molecule has 0 atom stereocenters. The fraction of sp³-hybridized carbons (Fsp3) is 0.700. The van der Waals surface area contributed by atoms with E-state index in [1.54, 1.807) is 6.08 Å². The van der Waals surface area contributed by atoms with Crippen molar-refractivity contribution in [1.29, 1.82) is 0 Å². The van der Waals surface area contributed by atoms with Crippen LogP contribution in [0.5, 0.6) is 0 Å². The summed E-state index contributed by atoms with van der Waals surface area (Å²) in [6.45, 7) is 5.90. The molecule has 78 valence electrons. The van der Waals surface area contributed by atoms with Crippen molar-refractivity contribution in [3.05, 3.63) is 12.7 Å². The van der Waals surface area contributed by atoms with E-state index in [2.05, 4.69) is 13.5 Å². The van der Waals surface area contributed by atoms with Crippen molar-refractivity contribution in [1.82, 2.24) is 0 Å². The van der Waals surface area contributed by atoms with Gasteiger partial charge in [-0.3, -0.25) is 4.79 Å². The number of unbranched alkanes of at least 4 members (excludes halogenated alkanes) is 2. The summed E-state index contributed by atoms with van der Waals surface area (Å²) < 4.78 is 4.78. The van der Waals surface area contributed by atoms with Crippen LogP contribution in [0.3, 0.4) is 0 Å². The van der Waals surface area contributed by atoms with Gasteiger partial charge in [-0.2, -0.15) is 0 Å². The topological polar surface area (TPSA) is 46.5 Å². The largest absolute Gasteiger partial charge is 0.461 e. The van der Waals surface area contributed by atoms with Crippen LogP contribution in [0.2, 0.25) is 0 Å². The van der Waals surface area contributed by atoms with E-state index in [0.29, 0.717) is 13.0 Å². The van der Waals surface area contributed by atoms with Gasteiger partial charge in [-0.05, 0) is 6.42 Å². The highest BCUT2D eigenvalue weighted by molar-refractivity contribution is 5.69. The van der Waals surface area contributed by atoms with Gasteiger partial charge in [0, 0.05) is 13.5 Å². The Morgan fingerprint density at radius 3 is 2.54 bits per heavy atom. The van der Waals surface area contributed by atoms with Gasteiger partial charge in [0.05, 0.1) is 0 Å². The summed E-state index contributed by atoms with van der Waals surface area (Å²) in [6, 6.07) is 0. The number of hydrogen-bond donors (Lipinski definition) is 1. The van der Waals surface area contributed by atoms with E-state index >= 15 is 0 Å². The van der Waals surface area contributed by atoms with Crippen LogP contribution in [0.25, 0.3) is 0 Å². The Hall–Kier alpha value is -0.830. The van der Waals surface area contributed by atoms with Gasteiger partial charge in [0.15, 0.2) is 0 Å². The number of rotatable bonds is 6. The average Bonchev–Trinajstić information content (AvgIpc) is 2.18. The lowest BCUT2D eigenvalue weighted by atomic mass is 10.2. The maximum Gasteiger partial charge on any atom is 0.306 e. The highest BCUT2D eigenvalue weighted by atomic mass is 16.5. The molecule has 0 aliphatic rings. The first-order valence-electron chi connectivity index (χ1n) is 4.52. The Bertz CT molecular complexity index is 121. The standard InChI is InChI=1S/C9H16O2.CH4O/c1-3-5-6-7-9(10)11-8-4-2;1-2/h4H,2-3,5-8H2,1H3;2H,1H3.